The average Bonchev–Trinajstić information content (AvgIpc) is 3.08. The van der Waals surface area contributed by atoms with Gasteiger partial charge in [0.05, 0.1) is 11.4 Å². The Kier molecular flexibility index (Phi) is 3.84. The first kappa shape index (κ1) is 15.8. The summed E-state index contributed by atoms with van der Waals surface area (Å²) in [5.41, 5.74) is 0.289. The lowest BCUT2D eigenvalue weighted by Gasteiger charge is -2.41. The first-order chi connectivity index (χ1) is 11.4. The van der Waals surface area contributed by atoms with Gasteiger partial charge in [0, 0.05) is 6.20 Å². The van der Waals surface area contributed by atoms with E-state index in [0.29, 0.717) is 11.4 Å². The molecule has 2 amide bonds. The van der Waals surface area contributed by atoms with Crippen LogP contribution in [0.1, 0.15) is 24.3 Å². The third-order valence-corrected chi connectivity index (χ3v) is 3.90. The van der Waals surface area contributed by atoms with Crippen LogP contribution in [0.25, 0.3) is 0 Å². The Morgan fingerprint density at radius 3 is 2.62 bits per heavy atom. The van der Waals surface area contributed by atoms with E-state index in [-0.39, 0.29) is 11.6 Å². The van der Waals surface area contributed by atoms with Crippen molar-refractivity contribution < 1.29 is 19.1 Å². The predicted molar refractivity (Wildman–Crippen MR) is 87.7 cm³/mol. The Labute approximate surface area is 138 Å². The molecule has 24 heavy (non-hydrogen) atoms. The molecular formula is C17H17N3O4. The summed E-state index contributed by atoms with van der Waals surface area (Å²) in [7, 11) is 0. The molecule has 0 saturated heterocycles. The van der Waals surface area contributed by atoms with Crippen molar-refractivity contribution in [2.75, 3.05) is 16.8 Å². The molecule has 0 atom stereocenters. The van der Waals surface area contributed by atoms with Gasteiger partial charge >= 0.3 is 5.97 Å². The molecule has 0 spiro atoms. The molecule has 0 aliphatic carbocycles. The number of H-pyrrole nitrogens is 1. The van der Waals surface area contributed by atoms with Crippen molar-refractivity contribution in [2.45, 2.75) is 19.4 Å². The average molecular weight is 327 g/mol. The van der Waals surface area contributed by atoms with Crippen LogP contribution in [0.5, 0.6) is 0 Å². The Hall–Kier alpha value is -3.09. The van der Waals surface area contributed by atoms with Gasteiger partial charge in [0.1, 0.15) is 11.2 Å². The van der Waals surface area contributed by atoms with Crippen molar-refractivity contribution in [3.8, 4) is 0 Å². The topological polar surface area (TPSA) is 91.5 Å². The quantitative estimate of drug-likeness (QED) is 0.843. The fraction of sp³-hybridized carbons (Fsp3) is 0.235. The van der Waals surface area contributed by atoms with Crippen molar-refractivity contribution in [1.82, 2.24) is 4.98 Å². The minimum atomic E-state index is -1.09. The fourth-order valence-electron chi connectivity index (χ4n) is 2.63. The molecule has 0 unspecified atom stereocenters. The van der Waals surface area contributed by atoms with Crippen LogP contribution in [0.15, 0.2) is 42.6 Å². The van der Waals surface area contributed by atoms with Crippen LogP contribution in [-0.2, 0) is 14.3 Å². The number of fused-ring (bicyclic) bond motifs is 1. The van der Waals surface area contributed by atoms with E-state index in [9.17, 15) is 14.4 Å². The minimum absolute atomic E-state index is 0.263. The van der Waals surface area contributed by atoms with Crippen LogP contribution in [0.4, 0.5) is 11.4 Å². The van der Waals surface area contributed by atoms with Gasteiger partial charge in [0.15, 0.2) is 6.61 Å². The SMILES string of the molecule is CC1(C)C(=O)Nc2ccccc2N1C(=O)COC(=O)c1ccc[nH]1. The van der Waals surface area contributed by atoms with Crippen LogP contribution < -0.4 is 10.2 Å². The van der Waals surface area contributed by atoms with Gasteiger partial charge in [0.25, 0.3) is 5.91 Å². The van der Waals surface area contributed by atoms with Gasteiger partial charge in [-0.25, -0.2) is 4.79 Å². The van der Waals surface area contributed by atoms with Crippen molar-refractivity contribution >= 4 is 29.2 Å². The Morgan fingerprint density at radius 2 is 1.92 bits per heavy atom. The lowest BCUT2D eigenvalue weighted by atomic mass is 9.96. The molecule has 7 heteroatoms. The number of carbonyl (C=O) groups is 3. The van der Waals surface area contributed by atoms with Gasteiger partial charge in [-0.3, -0.25) is 14.5 Å². The van der Waals surface area contributed by atoms with E-state index in [0.717, 1.165) is 0 Å². The molecule has 1 aliphatic heterocycles. The summed E-state index contributed by atoms with van der Waals surface area (Å²) in [5, 5.41) is 2.78. The van der Waals surface area contributed by atoms with Gasteiger partial charge in [-0.05, 0) is 38.1 Å². The second-order valence-corrected chi connectivity index (χ2v) is 5.92. The lowest BCUT2D eigenvalue weighted by molar-refractivity contribution is -0.128. The third kappa shape index (κ3) is 2.64. The minimum Gasteiger partial charge on any atom is -0.451 e. The number of esters is 1. The molecule has 2 aromatic rings. The zero-order chi connectivity index (χ0) is 17.3. The summed E-state index contributed by atoms with van der Waals surface area (Å²) in [6.07, 6.45) is 1.59. The number of benzene rings is 1. The van der Waals surface area contributed by atoms with E-state index in [2.05, 4.69) is 10.3 Å². The number of rotatable bonds is 3. The zero-order valence-electron chi connectivity index (χ0n) is 13.3. The summed E-state index contributed by atoms with van der Waals surface area (Å²) in [4.78, 5) is 40.9. The maximum Gasteiger partial charge on any atom is 0.355 e. The van der Waals surface area contributed by atoms with Gasteiger partial charge in [-0.15, -0.1) is 0 Å². The molecule has 1 aromatic heterocycles. The third-order valence-electron chi connectivity index (χ3n) is 3.90. The summed E-state index contributed by atoms with van der Waals surface area (Å²) in [5.74, 6) is -1.40. The molecule has 0 radical (unpaired) electrons. The van der Waals surface area contributed by atoms with Crippen LogP contribution in [0.3, 0.4) is 0 Å². The monoisotopic (exact) mass is 327 g/mol. The largest absolute Gasteiger partial charge is 0.451 e. The standard InChI is InChI=1S/C17H17N3O4/c1-17(2)16(23)19-11-6-3-4-8-13(11)20(17)14(21)10-24-15(22)12-7-5-9-18-12/h3-9,18H,10H2,1-2H3,(H,19,23). The Balaban J connectivity index is 1.82. The molecule has 124 valence electrons. The number of nitrogens with zero attached hydrogens (tertiary/aromatic N) is 1. The maximum absolute atomic E-state index is 12.7. The summed E-state index contributed by atoms with van der Waals surface area (Å²) in [6.45, 7) is 2.83. The highest BCUT2D eigenvalue weighted by Crippen LogP contribution is 2.36. The number of amides is 2. The van der Waals surface area contributed by atoms with Crippen LogP contribution in [-0.4, -0.2) is 34.9 Å². The fourth-order valence-corrected chi connectivity index (χ4v) is 2.63. The van der Waals surface area contributed by atoms with Crippen molar-refractivity contribution in [3.05, 3.63) is 48.3 Å². The smallest absolute Gasteiger partial charge is 0.355 e. The first-order valence-corrected chi connectivity index (χ1v) is 7.45. The molecular weight excluding hydrogens is 310 g/mol. The zero-order valence-corrected chi connectivity index (χ0v) is 13.3. The van der Waals surface area contributed by atoms with E-state index in [1.807, 2.05) is 0 Å². The van der Waals surface area contributed by atoms with Crippen LogP contribution in [0.2, 0.25) is 0 Å². The molecule has 7 nitrogen and oxygen atoms in total. The predicted octanol–water partition coefficient (Wildman–Crippen LogP) is 1.94. The molecule has 0 fully saturated rings. The molecule has 3 rings (SSSR count). The highest BCUT2D eigenvalue weighted by molar-refractivity contribution is 6.14. The van der Waals surface area contributed by atoms with Gasteiger partial charge < -0.3 is 15.0 Å². The molecule has 2 heterocycles. The van der Waals surface area contributed by atoms with E-state index in [1.54, 1.807) is 56.4 Å². The number of aromatic nitrogens is 1. The van der Waals surface area contributed by atoms with Crippen molar-refractivity contribution in [3.63, 3.8) is 0 Å². The van der Waals surface area contributed by atoms with Crippen LogP contribution in [0, 0.1) is 0 Å². The highest BCUT2D eigenvalue weighted by Gasteiger charge is 2.43. The number of aromatic amines is 1. The van der Waals surface area contributed by atoms with Gasteiger partial charge in [-0.1, -0.05) is 12.1 Å². The lowest BCUT2D eigenvalue weighted by Crippen LogP contribution is -2.59. The summed E-state index contributed by atoms with van der Waals surface area (Å²) >= 11 is 0. The first-order valence-electron chi connectivity index (χ1n) is 7.45. The number of carbonyl (C=O) groups excluding carboxylic acids is 3. The number of anilines is 2. The Bertz CT molecular complexity index is 796. The van der Waals surface area contributed by atoms with E-state index >= 15 is 0 Å². The summed E-state index contributed by atoms with van der Waals surface area (Å²) < 4.78 is 5.05. The number of hydrogen-bond acceptors (Lipinski definition) is 4. The summed E-state index contributed by atoms with van der Waals surface area (Å²) in [6, 6.07) is 10.2. The second-order valence-electron chi connectivity index (χ2n) is 5.92. The van der Waals surface area contributed by atoms with Crippen molar-refractivity contribution in [1.29, 1.82) is 0 Å². The van der Waals surface area contributed by atoms with Gasteiger partial charge in [-0.2, -0.15) is 0 Å². The molecule has 1 aliphatic rings. The van der Waals surface area contributed by atoms with Gasteiger partial charge in [0.2, 0.25) is 5.91 Å². The molecule has 0 saturated carbocycles. The second kappa shape index (κ2) is 5.84. The Morgan fingerprint density at radius 1 is 1.17 bits per heavy atom. The number of nitrogens with one attached hydrogen (secondary N) is 2. The number of para-hydroxylation sites is 2. The number of ether oxygens (including phenoxy) is 1. The van der Waals surface area contributed by atoms with Crippen molar-refractivity contribution in [2.24, 2.45) is 0 Å². The molecule has 1 aromatic carbocycles. The van der Waals surface area contributed by atoms with Crippen LogP contribution >= 0.6 is 0 Å². The van der Waals surface area contributed by atoms with E-state index in [1.165, 1.54) is 4.90 Å². The highest BCUT2D eigenvalue weighted by atomic mass is 16.5. The number of hydrogen-bond donors (Lipinski definition) is 2. The normalized spacial score (nSPS) is 15.4. The molecule has 2 N–H and O–H groups in total. The van der Waals surface area contributed by atoms with E-state index < -0.39 is 24.0 Å². The van der Waals surface area contributed by atoms with E-state index in [4.69, 9.17) is 4.74 Å². The molecule has 0 bridgehead atoms. The maximum atomic E-state index is 12.7.